The van der Waals surface area contributed by atoms with Gasteiger partial charge in [0, 0.05) is 13.0 Å². The smallest absolute Gasteiger partial charge is 0.233 e. The van der Waals surface area contributed by atoms with Gasteiger partial charge in [-0.1, -0.05) is 96.1 Å². The van der Waals surface area contributed by atoms with Crippen LogP contribution in [0, 0.1) is 5.92 Å². The lowest BCUT2D eigenvalue weighted by Gasteiger charge is -2.13. The number of amides is 2. The van der Waals surface area contributed by atoms with E-state index >= 15 is 0 Å². The molecule has 0 bridgehead atoms. The molecule has 1 unspecified atom stereocenters. The van der Waals surface area contributed by atoms with Crippen molar-refractivity contribution in [3.05, 3.63) is 12.2 Å². The number of hydrogen-bond donors (Lipinski definition) is 1. The summed E-state index contributed by atoms with van der Waals surface area (Å²) in [6.07, 6.45) is 25.1. The maximum absolute atomic E-state index is 12.2. The van der Waals surface area contributed by atoms with E-state index in [-0.39, 0.29) is 17.7 Å². The molecule has 0 spiro atoms. The average molecular weight is 407 g/mol. The second-order valence-corrected chi connectivity index (χ2v) is 8.67. The molecule has 0 aromatic rings. The summed E-state index contributed by atoms with van der Waals surface area (Å²) in [5, 5.41) is 0. The first-order valence-corrected chi connectivity index (χ1v) is 12.4. The van der Waals surface area contributed by atoms with Gasteiger partial charge in [-0.2, -0.15) is 0 Å². The van der Waals surface area contributed by atoms with E-state index in [4.69, 9.17) is 5.73 Å². The molecule has 1 heterocycles. The zero-order valence-corrected chi connectivity index (χ0v) is 19.0. The molecule has 0 aromatic carbocycles. The molecule has 0 radical (unpaired) electrons. The van der Waals surface area contributed by atoms with Gasteiger partial charge in [0.15, 0.2) is 0 Å². The van der Waals surface area contributed by atoms with E-state index in [0.717, 1.165) is 6.42 Å². The van der Waals surface area contributed by atoms with Crippen LogP contribution >= 0.6 is 0 Å². The number of likely N-dealkylation sites (tertiary alicyclic amines) is 1. The quantitative estimate of drug-likeness (QED) is 0.159. The fourth-order valence-electron chi connectivity index (χ4n) is 4.08. The Hall–Kier alpha value is -1.16. The molecule has 4 heteroatoms. The first-order valence-electron chi connectivity index (χ1n) is 12.4. The summed E-state index contributed by atoms with van der Waals surface area (Å²) >= 11 is 0. The largest absolute Gasteiger partial charge is 0.330 e. The van der Waals surface area contributed by atoms with Crippen LogP contribution in [0.25, 0.3) is 0 Å². The molecule has 168 valence electrons. The van der Waals surface area contributed by atoms with Crippen LogP contribution in [-0.2, 0) is 9.59 Å². The van der Waals surface area contributed by atoms with Gasteiger partial charge < -0.3 is 5.73 Å². The molecular formula is C25H46N2O2. The van der Waals surface area contributed by atoms with Crippen LogP contribution in [0.3, 0.4) is 0 Å². The number of unbranched alkanes of at least 4 members (excludes halogenated alkanes) is 13. The number of carbonyl (C=O) groups is 2. The standard InChI is InChI=1S/C25H46N2O2/c1-2-3-4-5-6-7-8-9-10-11-12-13-14-15-16-17-19-23-22-24(28)27(25(23)29)21-18-20-26/h16-17,23H,2-15,18-22,26H2,1H3/b17-16+. The number of imide groups is 1. The van der Waals surface area contributed by atoms with E-state index in [0.29, 0.717) is 32.4 Å². The summed E-state index contributed by atoms with van der Waals surface area (Å²) in [5.74, 6) is -0.185. The maximum Gasteiger partial charge on any atom is 0.233 e. The topological polar surface area (TPSA) is 63.4 Å². The van der Waals surface area contributed by atoms with Crippen LogP contribution in [0.4, 0.5) is 0 Å². The molecule has 29 heavy (non-hydrogen) atoms. The van der Waals surface area contributed by atoms with E-state index in [1.165, 1.54) is 88.4 Å². The third-order valence-electron chi connectivity index (χ3n) is 5.98. The van der Waals surface area contributed by atoms with Crippen molar-refractivity contribution in [2.45, 2.75) is 116 Å². The third kappa shape index (κ3) is 12.2. The highest BCUT2D eigenvalue weighted by molar-refractivity contribution is 6.03. The van der Waals surface area contributed by atoms with Crippen molar-refractivity contribution in [1.82, 2.24) is 4.90 Å². The van der Waals surface area contributed by atoms with E-state index in [1.54, 1.807) is 0 Å². The van der Waals surface area contributed by atoms with Crippen molar-refractivity contribution >= 4 is 11.8 Å². The van der Waals surface area contributed by atoms with Crippen molar-refractivity contribution < 1.29 is 9.59 Å². The Morgan fingerprint density at radius 1 is 0.828 bits per heavy atom. The van der Waals surface area contributed by atoms with Gasteiger partial charge in [0.1, 0.15) is 0 Å². The van der Waals surface area contributed by atoms with Gasteiger partial charge in [-0.25, -0.2) is 0 Å². The highest BCUT2D eigenvalue weighted by atomic mass is 16.2. The molecule has 0 aromatic heterocycles. The molecule has 1 aliphatic rings. The summed E-state index contributed by atoms with van der Waals surface area (Å²) in [5.41, 5.74) is 5.47. The van der Waals surface area contributed by atoms with Crippen molar-refractivity contribution in [3.8, 4) is 0 Å². The monoisotopic (exact) mass is 406 g/mol. The Bertz CT molecular complexity index is 462. The summed E-state index contributed by atoms with van der Waals surface area (Å²) in [6.45, 7) is 3.27. The highest BCUT2D eigenvalue weighted by Gasteiger charge is 2.36. The lowest BCUT2D eigenvalue weighted by atomic mass is 10.0. The Balaban J connectivity index is 1.91. The van der Waals surface area contributed by atoms with E-state index in [1.807, 2.05) is 0 Å². The van der Waals surface area contributed by atoms with Crippen molar-refractivity contribution in [2.75, 3.05) is 13.1 Å². The molecule has 0 saturated carbocycles. The second kappa shape index (κ2) is 17.7. The number of hydrogen-bond acceptors (Lipinski definition) is 3. The van der Waals surface area contributed by atoms with Gasteiger partial charge in [0.25, 0.3) is 0 Å². The minimum absolute atomic E-state index is 0.00550. The van der Waals surface area contributed by atoms with Gasteiger partial charge in [0.2, 0.25) is 11.8 Å². The van der Waals surface area contributed by atoms with Gasteiger partial charge in [0.05, 0.1) is 5.92 Å². The number of nitrogens with zero attached hydrogens (tertiary/aromatic N) is 1. The van der Waals surface area contributed by atoms with E-state index in [9.17, 15) is 9.59 Å². The van der Waals surface area contributed by atoms with E-state index in [2.05, 4.69) is 19.1 Å². The summed E-state index contributed by atoms with van der Waals surface area (Å²) in [7, 11) is 0. The maximum atomic E-state index is 12.2. The second-order valence-electron chi connectivity index (χ2n) is 8.67. The minimum atomic E-state index is -0.150. The fraction of sp³-hybridized carbons (Fsp3) is 0.840. The minimum Gasteiger partial charge on any atom is -0.330 e. The van der Waals surface area contributed by atoms with Crippen LogP contribution in [-0.4, -0.2) is 29.8 Å². The van der Waals surface area contributed by atoms with Crippen molar-refractivity contribution in [3.63, 3.8) is 0 Å². The first-order chi connectivity index (χ1) is 14.2. The van der Waals surface area contributed by atoms with Crippen molar-refractivity contribution in [2.24, 2.45) is 11.7 Å². The molecule has 1 rings (SSSR count). The molecule has 2 amide bonds. The summed E-state index contributed by atoms with van der Waals surface area (Å²) < 4.78 is 0. The highest BCUT2D eigenvalue weighted by Crippen LogP contribution is 2.23. The normalized spacial score (nSPS) is 17.2. The SMILES string of the molecule is CCCCCCCCCCCCCCC/C=C/CC1CC(=O)N(CCCN)C1=O. The predicted molar refractivity (Wildman–Crippen MR) is 123 cm³/mol. The lowest BCUT2D eigenvalue weighted by molar-refractivity contribution is -0.139. The van der Waals surface area contributed by atoms with Gasteiger partial charge in [-0.3, -0.25) is 14.5 Å². The zero-order valence-electron chi connectivity index (χ0n) is 19.0. The molecule has 2 N–H and O–H groups in total. The zero-order chi connectivity index (χ0) is 21.2. The van der Waals surface area contributed by atoms with Gasteiger partial charge in [-0.05, 0) is 32.2 Å². The first kappa shape index (κ1) is 25.9. The van der Waals surface area contributed by atoms with Crippen LogP contribution in [0.1, 0.15) is 116 Å². The van der Waals surface area contributed by atoms with Gasteiger partial charge >= 0.3 is 0 Å². The number of carbonyl (C=O) groups excluding carboxylic acids is 2. The summed E-state index contributed by atoms with van der Waals surface area (Å²) in [6, 6.07) is 0. The Morgan fingerprint density at radius 2 is 1.38 bits per heavy atom. The average Bonchev–Trinajstić information content (AvgIpc) is 2.99. The molecular weight excluding hydrogens is 360 g/mol. The van der Waals surface area contributed by atoms with Crippen LogP contribution in [0.5, 0.6) is 0 Å². The Kier molecular flexibility index (Phi) is 15.8. The molecule has 0 aliphatic carbocycles. The van der Waals surface area contributed by atoms with Crippen LogP contribution in [0.2, 0.25) is 0 Å². The number of allylic oxidation sites excluding steroid dienone is 2. The summed E-state index contributed by atoms with van der Waals surface area (Å²) in [4.78, 5) is 25.6. The lowest BCUT2D eigenvalue weighted by Crippen LogP contribution is -2.32. The van der Waals surface area contributed by atoms with Crippen LogP contribution < -0.4 is 5.73 Å². The Morgan fingerprint density at radius 3 is 1.93 bits per heavy atom. The molecule has 1 saturated heterocycles. The third-order valence-corrected chi connectivity index (χ3v) is 5.98. The molecule has 1 atom stereocenters. The van der Waals surface area contributed by atoms with Crippen LogP contribution in [0.15, 0.2) is 12.2 Å². The number of nitrogens with two attached hydrogens (primary N) is 1. The van der Waals surface area contributed by atoms with Gasteiger partial charge in [-0.15, -0.1) is 0 Å². The predicted octanol–water partition coefficient (Wildman–Crippen LogP) is 6.14. The Labute approximate surface area is 179 Å². The molecule has 4 nitrogen and oxygen atoms in total. The van der Waals surface area contributed by atoms with E-state index < -0.39 is 0 Å². The number of rotatable bonds is 19. The van der Waals surface area contributed by atoms with Crippen molar-refractivity contribution in [1.29, 1.82) is 0 Å². The fourth-order valence-corrected chi connectivity index (χ4v) is 4.08. The molecule has 1 fully saturated rings. The molecule has 1 aliphatic heterocycles.